The first kappa shape index (κ1) is 17.5. The molecule has 0 aliphatic rings. The Morgan fingerprint density at radius 2 is 1.95 bits per heavy atom. The molecule has 0 aliphatic carbocycles. The summed E-state index contributed by atoms with van der Waals surface area (Å²) in [6.45, 7) is 1.50. The number of benzene rings is 1. The van der Waals surface area contributed by atoms with E-state index in [1.54, 1.807) is 36.0 Å². The van der Waals surface area contributed by atoms with E-state index in [9.17, 15) is 9.59 Å². The highest BCUT2D eigenvalue weighted by Crippen LogP contribution is 2.10. The zero-order valence-electron chi connectivity index (χ0n) is 11.9. The summed E-state index contributed by atoms with van der Waals surface area (Å²) < 4.78 is 0. The minimum Gasteiger partial charge on any atom is -0.480 e. The fourth-order valence-corrected chi connectivity index (χ4v) is 2.34. The first-order chi connectivity index (χ1) is 9.93. The number of aliphatic carboxylic acids is 1. The van der Waals surface area contributed by atoms with Crippen LogP contribution in [0.4, 0.5) is 5.69 Å². The van der Waals surface area contributed by atoms with E-state index in [1.807, 2.05) is 6.26 Å². The van der Waals surface area contributed by atoms with E-state index in [0.717, 1.165) is 5.75 Å². The van der Waals surface area contributed by atoms with Gasteiger partial charge in [0.2, 0.25) is 0 Å². The van der Waals surface area contributed by atoms with Gasteiger partial charge in [-0.25, -0.2) is 4.79 Å². The SMILES string of the molecule is CSCCC(NC(=S)Nc1ccc(C(C)=O)cc1)C(=O)O. The molecule has 0 amide bonds. The number of carboxylic acid groups (broad SMARTS) is 1. The average Bonchev–Trinajstić information content (AvgIpc) is 2.43. The van der Waals surface area contributed by atoms with Crippen LogP contribution < -0.4 is 10.6 Å². The topological polar surface area (TPSA) is 78.4 Å². The molecule has 0 bridgehead atoms. The molecular formula is C14H18N2O3S2. The van der Waals surface area contributed by atoms with E-state index < -0.39 is 12.0 Å². The van der Waals surface area contributed by atoms with Crippen LogP contribution in [0.5, 0.6) is 0 Å². The molecule has 7 heteroatoms. The summed E-state index contributed by atoms with van der Waals surface area (Å²) in [5.74, 6) is -0.203. The van der Waals surface area contributed by atoms with E-state index in [0.29, 0.717) is 17.7 Å². The Morgan fingerprint density at radius 3 is 2.43 bits per heavy atom. The highest BCUT2D eigenvalue weighted by molar-refractivity contribution is 7.98. The number of hydrogen-bond donors (Lipinski definition) is 3. The Balaban J connectivity index is 2.59. The molecular weight excluding hydrogens is 308 g/mol. The van der Waals surface area contributed by atoms with Gasteiger partial charge < -0.3 is 15.7 Å². The summed E-state index contributed by atoms with van der Waals surface area (Å²) in [6, 6.07) is 6.12. The summed E-state index contributed by atoms with van der Waals surface area (Å²) in [4.78, 5) is 22.3. The standard InChI is InChI=1S/C14H18N2O3S2/c1-9(17)10-3-5-11(6-4-10)15-14(20)16-12(13(18)19)7-8-21-2/h3-6,12H,7-8H2,1-2H3,(H,18,19)(H2,15,16,20). The van der Waals surface area contributed by atoms with Gasteiger partial charge in [-0.1, -0.05) is 0 Å². The fraction of sp³-hybridized carbons (Fsp3) is 0.357. The molecule has 0 fully saturated rings. The molecule has 1 rings (SSSR count). The molecule has 114 valence electrons. The number of nitrogens with one attached hydrogen (secondary N) is 2. The Morgan fingerprint density at radius 1 is 1.33 bits per heavy atom. The maximum Gasteiger partial charge on any atom is 0.326 e. The van der Waals surface area contributed by atoms with E-state index in [-0.39, 0.29) is 10.9 Å². The van der Waals surface area contributed by atoms with Crippen LogP contribution in [0.3, 0.4) is 0 Å². The summed E-state index contributed by atoms with van der Waals surface area (Å²) in [7, 11) is 0. The van der Waals surface area contributed by atoms with Crippen molar-refractivity contribution >= 4 is 46.5 Å². The number of ketones is 1. The Labute approximate surface area is 133 Å². The predicted molar refractivity (Wildman–Crippen MR) is 90.2 cm³/mol. The number of thiocarbonyl (C=S) groups is 1. The highest BCUT2D eigenvalue weighted by atomic mass is 32.2. The minimum atomic E-state index is -0.930. The third-order valence-corrected chi connectivity index (χ3v) is 3.63. The van der Waals surface area contributed by atoms with E-state index in [1.165, 1.54) is 6.92 Å². The van der Waals surface area contributed by atoms with Gasteiger partial charge in [-0.3, -0.25) is 4.79 Å². The lowest BCUT2D eigenvalue weighted by atomic mass is 10.1. The van der Waals surface area contributed by atoms with Crippen LogP contribution in [-0.4, -0.2) is 40.0 Å². The van der Waals surface area contributed by atoms with Crippen molar-refractivity contribution < 1.29 is 14.7 Å². The van der Waals surface area contributed by atoms with E-state index in [2.05, 4.69) is 10.6 Å². The molecule has 3 N–H and O–H groups in total. The maximum absolute atomic E-state index is 11.2. The molecule has 1 unspecified atom stereocenters. The summed E-state index contributed by atoms with van der Waals surface area (Å²) in [6.07, 6.45) is 2.41. The molecule has 0 radical (unpaired) electrons. The predicted octanol–water partition coefficient (Wildman–Crippen LogP) is 2.38. The first-order valence-electron chi connectivity index (χ1n) is 6.34. The van der Waals surface area contributed by atoms with Crippen molar-refractivity contribution in [3.63, 3.8) is 0 Å². The zero-order valence-corrected chi connectivity index (χ0v) is 13.5. The molecule has 1 aromatic carbocycles. The maximum atomic E-state index is 11.2. The molecule has 0 heterocycles. The summed E-state index contributed by atoms with van der Waals surface area (Å²) in [5.41, 5.74) is 1.31. The van der Waals surface area contributed by atoms with Gasteiger partial charge in [-0.2, -0.15) is 11.8 Å². The van der Waals surface area contributed by atoms with Crippen LogP contribution in [0.15, 0.2) is 24.3 Å². The van der Waals surface area contributed by atoms with Crippen LogP contribution in [0, 0.1) is 0 Å². The molecule has 0 saturated carbocycles. The summed E-state index contributed by atoms with van der Waals surface area (Å²) >= 11 is 6.69. The molecule has 0 aromatic heterocycles. The lowest BCUT2D eigenvalue weighted by Crippen LogP contribution is -2.43. The quantitative estimate of drug-likeness (QED) is 0.524. The smallest absolute Gasteiger partial charge is 0.326 e. The molecule has 0 aliphatic heterocycles. The number of Topliss-reactive ketones (excluding diaryl/α,β-unsaturated/α-hetero) is 1. The van der Waals surface area contributed by atoms with Crippen molar-refractivity contribution in [2.75, 3.05) is 17.3 Å². The first-order valence-corrected chi connectivity index (χ1v) is 8.14. The Hall–Kier alpha value is -1.60. The molecule has 1 atom stereocenters. The van der Waals surface area contributed by atoms with Crippen molar-refractivity contribution in [2.24, 2.45) is 0 Å². The van der Waals surface area contributed by atoms with E-state index >= 15 is 0 Å². The van der Waals surface area contributed by atoms with Crippen molar-refractivity contribution in [3.05, 3.63) is 29.8 Å². The molecule has 21 heavy (non-hydrogen) atoms. The van der Waals surface area contributed by atoms with Crippen LogP contribution in [0.25, 0.3) is 0 Å². The number of rotatable bonds is 7. The molecule has 5 nitrogen and oxygen atoms in total. The second-order valence-electron chi connectivity index (χ2n) is 4.40. The van der Waals surface area contributed by atoms with Crippen molar-refractivity contribution in [2.45, 2.75) is 19.4 Å². The summed E-state index contributed by atoms with van der Waals surface area (Å²) in [5, 5.41) is 15.1. The number of carbonyl (C=O) groups excluding carboxylic acids is 1. The second kappa shape index (κ2) is 8.63. The molecule has 1 aromatic rings. The number of carbonyl (C=O) groups is 2. The van der Waals surface area contributed by atoms with Crippen LogP contribution in [0.2, 0.25) is 0 Å². The van der Waals surface area contributed by atoms with Gasteiger partial charge in [0.05, 0.1) is 0 Å². The van der Waals surface area contributed by atoms with Gasteiger partial charge in [0.25, 0.3) is 0 Å². The normalized spacial score (nSPS) is 11.5. The lowest BCUT2D eigenvalue weighted by molar-refractivity contribution is -0.139. The number of anilines is 1. The molecule has 0 spiro atoms. The third-order valence-electron chi connectivity index (χ3n) is 2.76. The zero-order chi connectivity index (χ0) is 15.8. The largest absolute Gasteiger partial charge is 0.480 e. The van der Waals surface area contributed by atoms with Crippen molar-refractivity contribution in [1.82, 2.24) is 5.32 Å². The van der Waals surface area contributed by atoms with E-state index in [4.69, 9.17) is 17.3 Å². The van der Waals surface area contributed by atoms with Crippen molar-refractivity contribution in [1.29, 1.82) is 0 Å². The van der Waals surface area contributed by atoms with Crippen molar-refractivity contribution in [3.8, 4) is 0 Å². The van der Waals surface area contributed by atoms with Gasteiger partial charge >= 0.3 is 5.97 Å². The lowest BCUT2D eigenvalue weighted by Gasteiger charge is -2.17. The van der Waals surface area contributed by atoms with Crippen LogP contribution >= 0.6 is 24.0 Å². The monoisotopic (exact) mass is 326 g/mol. The minimum absolute atomic E-state index is 0.00902. The Kier molecular flexibility index (Phi) is 7.18. The number of carboxylic acids is 1. The third kappa shape index (κ3) is 6.14. The van der Waals surface area contributed by atoms with Gasteiger partial charge in [0.15, 0.2) is 10.9 Å². The van der Waals surface area contributed by atoms with Gasteiger partial charge in [-0.05, 0) is 61.8 Å². The highest BCUT2D eigenvalue weighted by Gasteiger charge is 2.17. The number of thioether (sulfide) groups is 1. The fourth-order valence-electron chi connectivity index (χ4n) is 1.61. The number of hydrogen-bond acceptors (Lipinski definition) is 4. The Bertz CT molecular complexity index is 517. The van der Waals surface area contributed by atoms with Gasteiger partial charge in [0, 0.05) is 11.3 Å². The van der Waals surface area contributed by atoms with Crippen LogP contribution in [-0.2, 0) is 4.79 Å². The van der Waals surface area contributed by atoms with Crippen LogP contribution in [0.1, 0.15) is 23.7 Å². The van der Waals surface area contributed by atoms with Gasteiger partial charge in [-0.15, -0.1) is 0 Å². The molecule has 0 saturated heterocycles. The second-order valence-corrected chi connectivity index (χ2v) is 5.80. The average molecular weight is 326 g/mol. The van der Waals surface area contributed by atoms with Gasteiger partial charge in [0.1, 0.15) is 6.04 Å².